The maximum absolute atomic E-state index is 12.8. The van der Waals surface area contributed by atoms with Crippen molar-refractivity contribution in [2.75, 3.05) is 17.7 Å². The monoisotopic (exact) mass is 511 g/mol. The molecular weight excluding hydrogens is 490 g/mol. The standard InChI is InChI=1S/C23H22BrN5O4/c1-12-5-7-15(23(32)33-4)9-17(12)27-14(3)28-21(30)19-20(26-11-25-19)22(31)29-18-10-16(24)8-6-13(18)2/h5-11,27H,3H2,1-2,4H3,(H,25,26)(H,28,30)(H,29,31). The highest BCUT2D eigenvalue weighted by atomic mass is 79.9. The SMILES string of the molecule is C=C(NC(=O)c1[nH]cnc1C(=O)Nc1cc(Br)ccc1C)Nc1cc(C(=O)OC)ccc1C. The third-order valence-electron chi connectivity index (χ3n) is 4.74. The Labute approximate surface area is 198 Å². The first-order chi connectivity index (χ1) is 15.7. The van der Waals surface area contributed by atoms with Gasteiger partial charge < -0.3 is 25.7 Å². The molecule has 0 atom stereocenters. The van der Waals surface area contributed by atoms with Gasteiger partial charge in [-0.1, -0.05) is 34.6 Å². The predicted molar refractivity (Wildman–Crippen MR) is 128 cm³/mol. The molecular formula is C23H22BrN5O4. The average molecular weight is 512 g/mol. The van der Waals surface area contributed by atoms with Crippen molar-refractivity contribution in [2.24, 2.45) is 0 Å². The van der Waals surface area contributed by atoms with E-state index in [-0.39, 0.29) is 17.2 Å². The van der Waals surface area contributed by atoms with Crippen LogP contribution >= 0.6 is 15.9 Å². The Kier molecular flexibility index (Phi) is 7.29. The number of imidazole rings is 1. The first kappa shape index (κ1) is 23.7. The van der Waals surface area contributed by atoms with E-state index in [0.717, 1.165) is 15.6 Å². The first-order valence-electron chi connectivity index (χ1n) is 9.76. The summed E-state index contributed by atoms with van der Waals surface area (Å²) >= 11 is 3.37. The number of rotatable bonds is 7. The number of methoxy groups -OCH3 is 1. The van der Waals surface area contributed by atoms with Crippen LogP contribution in [-0.2, 0) is 4.74 Å². The second-order valence-corrected chi connectivity index (χ2v) is 8.03. The summed E-state index contributed by atoms with van der Waals surface area (Å²) in [6.07, 6.45) is 1.26. The number of anilines is 2. The Morgan fingerprint density at radius 2 is 1.67 bits per heavy atom. The molecule has 0 bridgehead atoms. The number of ether oxygens (including phenoxy) is 1. The quantitative estimate of drug-likeness (QED) is 0.353. The number of aromatic nitrogens is 2. The fourth-order valence-corrected chi connectivity index (χ4v) is 3.31. The van der Waals surface area contributed by atoms with Crippen molar-refractivity contribution in [3.63, 3.8) is 0 Å². The van der Waals surface area contributed by atoms with E-state index in [2.05, 4.69) is 48.4 Å². The lowest BCUT2D eigenvalue weighted by Gasteiger charge is -2.14. The number of halogens is 1. The molecule has 3 aromatic rings. The molecule has 1 aromatic heterocycles. The van der Waals surface area contributed by atoms with Gasteiger partial charge in [0, 0.05) is 15.8 Å². The van der Waals surface area contributed by atoms with E-state index >= 15 is 0 Å². The van der Waals surface area contributed by atoms with E-state index in [1.54, 1.807) is 24.3 Å². The van der Waals surface area contributed by atoms with E-state index in [1.165, 1.54) is 13.4 Å². The molecule has 2 aromatic carbocycles. The van der Waals surface area contributed by atoms with Gasteiger partial charge in [-0.15, -0.1) is 0 Å². The highest BCUT2D eigenvalue weighted by Gasteiger charge is 2.21. The van der Waals surface area contributed by atoms with Crippen molar-refractivity contribution < 1.29 is 19.1 Å². The number of H-pyrrole nitrogens is 1. The van der Waals surface area contributed by atoms with Crippen molar-refractivity contribution >= 4 is 45.1 Å². The molecule has 0 spiro atoms. The zero-order valence-corrected chi connectivity index (χ0v) is 19.8. The molecule has 33 heavy (non-hydrogen) atoms. The molecule has 0 aliphatic heterocycles. The number of carbonyl (C=O) groups excluding carboxylic acids is 3. The summed E-state index contributed by atoms with van der Waals surface area (Å²) in [6.45, 7) is 7.49. The molecule has 1 heterocycles. The number of hydrogen-bond acceptors (Lipinski definition) is 6. The zero-order chi connectivity index (χ0) is 24.1. The average Bonchev–Trinajstić information content (AvgIpc) is 3.27. The van der Waals surface area contributed by atoms with Crippen LogP contribution in [0.3, 0.4) is 0 Å². The lowest BCUT2D eigenvalue weighted by Crippen LogP contribution is -2.29. The minimum atomic E-state index is -0.608. The van der Waals surface area contributed by atoms with Crippen LogP contribution in [0.2, 0.25) is 0 Å². The number of nitrogens with zero attached hydrogens (tertiary/aromatic N) is 1. The van der Waals surface area contributed by atoms with Gasteiger partial charge in [-0.05, 0) is 49.2 Å². The van der Waals surface area contributed by atoms with Crippen LogP contribution in [0.1, 0.15) is 42.5 Å². The summed E-state index contributed by atoms with van der Waals surface area (Å²) in [7, 11) is 1.30. The van der Waals surface area contributed by atoms with E-state index in [1.807, 2.05) is 26.0 Å². The van der Waals surface area contributed by atoms with E-state index in [0.29, 0.717) is 16.9 Å². The second-order valence-electron chi connectivity index (χ2n) is 7.12. The second kappa shape index (κ2) is 10.1. The number of aryl methyl sites for hydroxylation is 2. The lowest BCUT2D eigenvalue weighted by molar-refractivity contribution is 0.0600. The van der Waals surface area contributed by atoms with Gasteiger partial charge in [0.1, 0.15) is 11.5 Å². The van der Waals surface area contributed by atoms with Crippen LogP contribution in [-0.4, -0.2) is 34.9 Å². The predicted octanol–water partition coefficient (Wildman–Crippen LogP) is 4.14. The highest BCUT2D eigenvalue weighted by Crippen LogP contribution is 2.22. The molecule has 4 N–H and O–H groups in total. The van der Waals surface area contributed by atoms with E-state index in [4.69, 9.17) is 4.74 Å². The minimum absolute atomic E-state index is 0.0249. The Bertz CT molecular complexity index is 1250. The van der Waals surface area contributed by atoms with E-state index in [9.17, 15) is 14.4 Å². The third kappa shape index (κ3) is 5.66. The summed E-state index contributed by atoms with van der Waals surface area (Å²) < 4.78 is 5.53. The van der Waals surface area contributed by atoms with Crippen molar-refractivity contribution in [3.8, 4) is 0 Å². The third-order valence-corrected chi connectivity index (χ3v) is 5.23. The first-order valence-corrected chi connectivity index (χ1v) is 10.6. The molecule has 10 heteroatoms. The maximum atomic E-state index is 12.8. The van der Waals surface area contributed by atoms with Gasteiger partial charge in [0.25, 0.3) is 11.8 Å². The summed E-state index contributed by atoms with van der Waals surface area (Å²) in [5.41, 5.74) is 3.10. The molecule has 0 saturated carbocycles. The Hall–Kier alpha value is -3.92. The van der Waals surface area contributed by atoms with Gasteiger partial charge in [0.05, 0.1) is 19.0 Å². The fraction of sp³-hybridized carbons (Fsp3) is 0.130. The van der Waals surface area contributed by atoms with Crippen LogP contribution in [0.15, 0.2) is 59.6 Å². The maximum Gasteiger partial charge on any atom is 0.337 e. The topological polar surface area (TPSA) is 125 Å². The largest absolute Gasteiger partial charge is 0.465 e. The number of amides is 2. The number of hydrogen-bond donors (Lipinski definition) is 4. The number of benzene rings is 2. The van der Waals surface area contributed by atoms with Gasteiger partial charge in [0.2, 0.25) is 0 Å². The van der Waals surface area contributed by atoms with Gasteiger partial charge in [-0.2, -0.15) is 0 Å². The Balaban J connectivity index is 1.71. The van der Waals surface area contributed by atoms with Gasteiger partial charge in [0.15, 0.2) is 5.69 Å². The minimum Gasteiger partial charge on any atom is -0.465 e. The highest BCUT2D eigenvalue weighted by molar-refractivity contribution is 9.10. The molecule has 3 rings (SSSR count). The van der Waals surface area contributed by atoms with Gasteiger partial charge >= 0.3 is 5.97 Å². The molecule has 2 amide bonds. The van der Waals surface area contributed by atoms with Crippen molar-refractivity contribution in [2.45, 2.75) is 13.8 Å². The smallest absolute Gasteiger partial charge is 0.337 e. The van der Waals surface area contributed by atoms with E-state index < -0.39 is 17.8 Å². The van der Waals surface area contributed by atoms with Crippen molar-refractivity contribution in [3.05, 3.63) is 87.7 Å². The summed E-state index contributed by atoms with van der Waals surface area (Å²) in [5.74, 6) is -1.49. The van der Waals surface area contributed by atoms with Crippen LogP contribution in [0, 0.1) is 13.8 Å². The fourth-order valence-electron chi connectivity index (χ4n) is 2.94. The zero-order valence-electron chi connectivity index (χ0n) is 18.2. The van der Waals surface area contributed by atoms with Crippen LogP contribution in [0.4, 0.5) is 11.4 Å². The molecule has 0 saturated heterocycles. The normalized spacial score (nSPS) is 10.3. The summed E-state index contributed by atoms with van der Waals surface area (Å²) in [4.78, 5) is 44.0. The molecule has 0 radical (unpaired) electrons. The molecule has 0 fully saturated rings. The molecule has 0 aliphatic carbocycles. The van der Waals surface area contributed by atoms with Crippen LogP contribution in [0.25, 0.3) is 0 Å². The van der Waals surface area contributed by atoms with Crippen molar-refractivity contribution in [1.82, 2.24) is 15.3 Å². The number of nitrogens with one attached hydrogen (secondary N) is 4. The lowest BCUT2D eigenvalue weighted by atomic mass is 10.1. The Morgan fingerprint density at radius 1 is 1.00 bits per heavy atom. The van der Waals surface area contributed by atoms with Crippen LogP contribution < -0.4 is 16.0 Å². The Morgan fingerprint density at radius 3 is 2.36 bits per heavy atom. The van der Waals surface area contributed by atoms with Crippen molar-refractivity contribution in [1.29, 1.82) is 0 Å². The molecule has 0 unspecified atom stereocenters. The molecule has 0 aliphatic rings. The number of carbonyl (C=O) groups is 3. The number of aromatic amines is 1. The van der Waals surface area contributed by atoms with Gasteiger partial charge in [-0.25, -0.2) is 9.78 Å². The van der Waals surface area contributed by atoms with Crippen LogP contribution in [0.5, 0.6) is 0 Å². The summed E-state index contributed by atoms with van der Waals surface area (Å²) in [6, 6.07) is 10.4. The molecule has 170 valence electrons. The summed E-state index contributed by atoms with van der Waals surface area (Å²) in [5, 5.41) is 8.29. The van der Waals surface area contributed by atoms with Gasteiger partial charge in [-0.3, -0.25) is 9.59 Å². The number of esters is 1. The molecule has 9 nitrogen and oxygen atoms in total.